The lowest BCUT2D eigenvalue weighted by molar-refractivity contribution is 0.152. The van der Waals surface area contributed by atoms with Gasteiger partial charge < -0.3 is 20.9 Å². The van der Waals surface area contributed by atoms with Gasteiger partial charge in [0.25, 0.3) is 0 Å². The molecular weight excluding hydrogens is 275 g/mol. The molecule has 0 bridgehead atoms. The number of halogens is 2. The summed E-state index contributed by atoms with van der Waals surface area (Å²) in [4.78, 5) is 0. The van der Waals surface area contributed by atoms with Crippen molar-refractivity contribution in [3.05, 3.63) is 0 Å². The van der Waals surface area contributed by atoms with Crippen LogP contribution in [0.25, 0.3) is 0 Å². The molecule has 0 spiro atoms. The van der Waals surface area contributed by atoms with Gasteiger partial charge in [-0.15, -0.1) is 24.8 Å². The molecule has 2 aliphatic carbocycles. The first kappa shape index (κ1) is 16.5. The van der Waals surface area contributed by atoms with Crippen LogP contribution < -0.4 is 11.5 Å². The lowest BCUT2D eigenvalue weighted by Crippen LogP contribution is -2.08. The first-order chi connectivity index (χ1) is 7.86. The maximum Gasteiger partial charge on any atom is 0.0501 e. The van der Waals surface area contributed by atoms with E-state index in [0.29, 0.717) is 0 Å². The van der Waals surface area contributed by atoms with Crippen molar-refractivity contribution in [2.45, 2.75) is 0 Å². The molecular formula is C12H24Cl2N2O2. The molecule has 2 saturated carbocycles. The average molecular weight is 299 g/mol. The highest BCUT2D eigenvalue weighted by Gasteiger charge is 2.53. The molecule has 6 heteroatoms. The van der Waals surface area contributed by atoms with Crippen LogP contribution in [-0.2, 0) is 9.47 Å². The highest BCUT2D eigenvalue weighted by atomic mass is 35.5. The topological polar surface area (TPSA) is 70.5 Å². The van der Waals surface area contributed by atoms with Gasteiger partial charge in [0.1, 0.15) is 0 Å². The molecule has 0 aromatic rings. The highest BCUT2D eigenvalue weighted by molar-refractivity contribution is 5.85. The van der Waals surface area contributed by atoms with Gasteiger partial charge in [0.15, 0.2) is 0 Å². The first-order valence-corrected chi connectivity index (χ1v) is 6.42. The maximum absolute atomic E-state index is 5.47. The largest absolute Gasteiger partial charge is 0.381 e. The molecule has 4 fully saturated rings. The van der Waals surface area contributed by atoms with Crippen LogP contribution in [0.5, 0.6) is 0 Å². The van der Waals surface area contributed by atoms with Gasteiger partial charge in [-0.25, -0.2) is 0 Å². The maximum atomic E-state index is 5.47. The highest BCUT2D eigenvalue weighted by Crippen LogP contribution is 2.50. The second kappa shape index (κ2) is 6.73. The van der Waals surface area contributed by atoms with Crippen molar-refractivity contribution in [2.75, 3.05) is 39.5 Å². The summed E-state index contributed by atoms with van der Waals surface area (Å²) in [5.74, 6) is 5.03. The van der Waals surface area contributed by atoms with E-state index in [0.717, 1.165) is 75.0 Å². The van der Waals surface area contributed by atoms with E-state index < -0.39 is 0 Å². The fraction of sp³-hybridized carbons (Fsp3) is 1.00. The normalized spacial score (nSPS) is 45.7. The minimum absolute atomic E-state index is 0. The van der Waals surface area contributed by atoms with Gasteiger partial charge in [-0.3, -0.25) is 0 Å². The number of nitrogens with two attached hydrogens (primary N) is 2. The molecule has 0 amide bonds. The molecule has 2 saturated heterocycles. The van der Waals surface area contributed by atoms with Gasteiger partial charge in [0, 0.05) is 0 Å². The minimum Gasteiger partial charge on any atom is -0.381 e. The van der Waals surface area contributed by atoms with Gasteiger partial charge >= 0.3 is 0 Å². The smallest absolute Gasteiger partial charge is 0.0501 e. The van der Waals surface area contributed by atoms with Crippen LogP contribution in [0.15, 0.2) is 0 Å². The van der Waals surface area contributed by atoms with E-state index >= 15 is 0 Å². The monoisotopic (exact) mass is 298 g/mol. The summed E-state index contributed by atoms with van der Waals surface area (Å²) < 4.78 is 10.4. The van der Waals surface area contributed by atoms with Crippen molar-refractivity contribution in [2.24, 2.45) is 47.0 Å². The summed E-state index contributed by atoms with van der Waals surface area (Å²) in [5, 5.41) is 0. The van der Waals surface area contributed by atoms with Crippen molar-refractivity contribution in [1.82, 2.24) is 0 Å². The van der Waals surface area contributed by atoms with Crippen LogP contribution in [0.3, 0.4) is 0 Å². The van der Waals surface area contributed by atoms with Crippen molar-refractivity contribution in [3.8, 4) is 0 Å². The van der Waals surface area contributed by atoms with Crippen LogP contribution >= 0.6 is 24.8 Å². The molecule has 0 aromatic heterocycles. The van der Waals surface area contributed by atoms with Crippen molar-refractivity contribution < 1.29 is 9.47 Å². The molecule has 108 valence electrons. The van der Waals surface area contributed by atoms with E-state index in [-0.39, 0.29) is 24.8 Å². The van der Waals surface area contributed by atoms with E-state index in [9.17, 15) is 0 Å². The summed E-state index contributed by atoms with van der Waals surface area (Å²) in [5.41, 5.74) is 10.9. The predicted octanol–water partition coefficient (Wildman–Crippen LogP) is 0.519. The summed E-state index contributed by atoms with van der Waals surface area (Å²) >= 11 is 0. The van der Waals surface area contributed by atoms with E-state index in [4.69, 9.17) is 20.9 Å². The van der Waals surface area contributed by atoms with Crippen LogP contribution in [-0.4, -0.2) is 39.5 Å². The average Bonchev–Trinajstić information content (AvgIpc) is 2.97. The Labute approximate surface area is 121 Å². The second-order valence-corrected chi connectivity index (χ2v) is 5.53. The predicted molar refractivity (Wildman–Crippen MR) is 75.2 cm³/mol. The Kier molecular flexibility index (Phi) is 6.16. The van der Waals surface area contributed by atoms with Gasteiger partial charge in [-0.05, 0) is 48.6 Å². The zero-order chi connectivity index (χ0) is 11.1. The van der Waals surface area contributed by atoms with Gasteiger partial charge in [0.2, 0.25) is 0 Å². The quantitative estimate of drug-likeness (QED) is 0.780. The summed E-state index contributed by atoms with van der Waals surface area (Å²) in [7, 11) is 0. The van der Waals surface area contributed by atoms with Crippen LogP contribution in [0.4, 0.5) is 0 Å². The van der Waals surface area contributed by atoms with Crippen molar-refractivity contribution in [1.29, 1.82) is 0 Å². The lowest BCUT2D eigenvalue weighted by Gasteiger charge is -1.97. The van der Waals surface area contributed by atoms with Crippen LogP contribution in [0, 0.1) is 35.5 Å². The molecule has 0 aromatic carbocycles. The Balaban J connectivity index is 0.000000162. The Morgan fingerprint density at radius 1 is 0.667 bits per heavy atom. The standard InChI is InChI=1S/2C6H11NO.2ClH/c2*7-1-4-5-2-8-3-6(4)5;;/h2*4-6H,1-3,7H2;2*1H/t2*5-,6-;;/m10../s1. The molecule has 4 aliphatic rings. The molecule has 2 heterocycles. The molecule has 4 atom stereocenters. The van der Waals surface area contributed by atoms with Crippen LogP contribution in [0.2, 0.25) is 0 Å². The molecule has 4 nitrogen and oxygen atoms in total. The third-order valence-corrected chi connectivity index (χ3v) is 4.80. The molecule has 18 heavy (non-hydrogen) atoms. The van der Waals surface area contributed by atoms with E-state index in [2.05, 4.69) is 0 Å². The summed E-state index contributed by atoms with van der Waals surface area (Å²) in [6, 6.07) is 0. The molecule has 0 unspecified atom stereocenters. The Morgan fingerprint density at radius 2 is 0.944 bits per heavy atom. The Hall–Kier alpha value is 0.420. The minimum atomic E-state index is 0. The SMILES string of the molecule is Cl.Cl.NCC1[C@@H]2COC[C@@H]12.NCC1[C@H]2COC[C@H]12. The summed E-state index contributed by atoms with van der Waals surface area (Å²) in [6.45, 7) is 5.66. The summed E-state index contributed by atoms with van der Waals surface area (Å²) in [6.07, 6.45) is 0. The fourth-order valence-electron chi connectivity index (χ4n) is 3.42. The zero-order valence-electron chi connectivity index (χ0n) is 10.5. The lowest BCUT2D eigenvalue weighted by atomic mass is 10.3. The van der Waals surface area contributed by atoms with E-state index in [1.54, 1.807) is 0 Å². The number of hydrogen-bond acceptors (Lipinski definition) is 4. The van der Waals surface area contributed by atoms with Crippen molar-refractivity contribution >= 4 is 24.8 Å². The fourth-order valence-corrected chi connectivity index (χ4v) is 3.42. The van der Waals surface area contributed by atoms with E-state index in [1.807, 2.05) is 0 Å². The molecule has 0 radical (unpaired) electrons. The molecule has 4 N–H and O–H groups in total. The number of ether oxygens (including phenoxy) is 2. The third-order valence-electron chi connectivity index (χ3n) is 4.80. The Bertz CT molecular complexity index is 211. The number of rotatable bonds is 2. The first-order valence-electron chi connectivity index (χ1n) is 6.42. The van der Waals surface area contributed by atoms with Crippen molar-refractivity contribution in [3.63, 3.8) is 0 Å². The zero-order valence-corrected chi connectivity index (χ0v) is 12.1. The second-order valence-electron chi connectivity index (χ2n) is 5.53. The third kappa shape index (κ3) is 2.94. The van der Waals surface area contributed by atoms with E-state index in [1.165, 1.54) is 0 Å². The number of fused-ring (bicyclic) bond motifs is 2. The number of hydrogen-bond donors (Lipinski definition) is 2. The molecule has 4 rings (SSSR count). The van der Waals surface area contributed by atoms with Gasteiger partial charge in [0.05, 0.1) is 26.4 Å². The van der Waals surface area contributed by atoms with Crippen LogP contribution in [0.1, 0.15) is 0 Å². The Morgan fingerprint density at radius 3 is 1.11 bits per heavy atom. The molecule has 2 aliphatic heterocycles. The van der Waals surface area contributed by atoms with Gasteiger partial charge in [-0.2, -0.15) is 0 Å². The van der Waals surface area contributed by atoms with Gasteiger partial charge in [-0.1, -0.05) is 0 Å².